The number of rotatable bonds is 9. The van der Waals surface area contributed by atoms with Gasteiger partial charge in [0.25, 0.3) is 0 Å². The van der Waals surface area contributed by atoms with Gasteiger partial charge in [0.15, 0.2) is 0 Å². The lowest BCUT2D eigenvalue weighted by Gasteiger charge is -2.16. The molecule has 0 unspecified atom stereocenters. The fourth-order valence-electron chi connectivity index (χ4n) is 3.56. The minimum Gasteiger partial charge on any atom is -0.361 e. The van der Waals surface area contributed by atoms with E-state index in [9.17, 15) is 13.2 Å². The summed E-state index contributed by atoms with van der Waals surface area (Å²) >= 11 is 6.47. The SMILES string of the molecule is CCCS(=O)(=O)Oc1c(C(=O)c2ccc(Cl)c(C(C)=C(C)C)c2C)c(C)nn1CC(C)C. The molecule has 0 saturated heterocycles. The van der Waals surface area contributed by atoms with Gasteiger partial charge in [-0.1, -0.05) is 37.9 Å². The molecule has 0 amide bonds. The first kappa shape index (κ1) is 26.1. The van der Waals surface area contributed by atoms with Gasteiger partial charge in [0, 0.05) is 17.1 Å². The maximum Gasteiger partial charge on any atom is 0.310 e. The van der Waals surface area contributed by atoms with Gasteiger partial charge >= 0.3 is 10.1 Å². The van der Waals surface area contributed by atoms with Crippen molar-refractivity contribution in [1.29, 1.82) is 0 Å². The van der Waals surface area contributed by atoms with Gasteiger partial charge in [-0.25, -0.2) is 4.68 Å². The highest BCUT2D eigenvalue weighted by molar-refractivity contribution is 7.87. The van der Waals surface area contributed by atoms with Crippen LogP contribution in [0, 0.1) is 19.8 Å². The van der Waals surface area contributed by atoms with Gasteiger partial charge in [0.2, 0.25) is 11.7 Å². The number of ketones is 1. The van der Waals surface area contributed by atoms with E-state index in [1.807, 2.05) is 41.5 Å². The van der Waals surface area contributed by atoms with E-state index < -0.39 is 10.1 Å². The molecule has 0 aliphatic rings. The monoisotopic (exact) mass is 480 g/mol. The molecule has 0 spiro atoms. The number of aromatic nitrogens is 2. The van der Waals surface area contributed by atoms with Gasteiger partial charge in [-0.2, -0.15) is 13.5 Å². The third kappa shape index (κ3) is 5.62. The molecule has 0 fully saturated rings. The topological polar surface area (TPSA) is 78.3 Å². The first-order valence-electron chi connectivity index (χ1n) is 10.8. The lowest BCUT2D eigenvalue weighted by atomic mass is 9.91. The van der Waals surface area contributed by atoms with Crippen LogP contribution in [0.2, 0.25) is 5.02 Å². The van der Waals surface area contributed by atoms with Crippen LogP contribution in [0.15, 0.2) is 17.7 Å². The van der Waals surface area contributed by atoms with Gasteiger partial charge in [0.1, 0.15) is 5.56 Å². The second-order valence-corrected chi connectivity index (χ2v) is 10.8. The van der Waals surface area contributed by atoms with Crippen LogP contribution in [0.25, 0.3) is 5.57 Å². The Labute approximate surface area is 196 Å². The zero-order valence-corrected chi connectivity index (χ0v) is 21.7. The molecule has 2 aromatic rings. The Hall–Kier alpha value is -2.12. The number of hydrogen-bond donors (Lipinski definition) is 0. The van der Waals surface area contributed by atoms with Crippen molar-refractivity contribution < 1.29 is 17.4 Å². The molecule has 0 aliphatic heterocycles. The normalized spacial score (nSPS) is 11.7. The van der Waals surface area contributed by atoms with E-state index >= 15 is 0 Å². The number of carbonyl (C=O) groups excluding carboxylic acids is 1. The van der Waals surface area contributed by atoms with Crippen molar-refractivity contribution in [1.82, 2.24) is 9.78 Å². The Morgan fingerprint density at radius 1 is 1.16 bits per heavy atom. The average Bonchev–Trinajstić information content (AvgIpc) is 2.94. The maximum absolute atomic E-state index is 13.7. The number of allylic oxidation sites excluding steroid dienone is 2. The van der Waals surface area contributed by atoms with Crippen molar-refractivity contribution in [3.8, 4) is 5.88 Å². The van der Waals surface area contributed by atoms with Crippen LogP contribution < -0.4 is 4.18 Å². The second kappa shape index (κ2) is 10.2. The molecule has 0 N–H and O–H groups in total. The van der Waals surface area contributed by atoms with Crippen LogP contribution in [0.5, 0.6) is 5.88 Å². The number of nitrogens with zero attached hydrogens (tertiary/aromatic N) is 2. The number of halogens is 1. The summed E-state index contributed by atoms with van der Waals surface area (Å²) in [7, 11) is -3.86. The van der Waals surface area contributed by atoms with E-state index in [4.69, 9.17) is 15.8 Å². The van der Waals surface area contributed by atoms with Crippen molar-refractivity contribution in [3.05, 3.63) is 50.7 Å². The summed E-state index contributed by atoms with van der Waals surface area (Å²) < 4.78 is 31.9. The Kier molecular flexibility index (Phi) is 8.34. The van der Waals surface area contributed by atoms with Crippen molar-refractivity contribution >= 4 is 33.1 Å². The highest BCUT2D eigenvalue weighted by Crippen LogP contribution is 2.34. The predicted octanol–water partition coefficient (Wildman–Crippen LogP) is 5.97. The summed E-state index contributed by atoms with van der Waals surface area (Å²) in [4.78, 5) is 13.7. The minimum atomic E-state index is -3.86. The molecule has 0 atom stereocenters. The van der Waals surface area contributed by atoms with E-state index in [0.717, 1.165) is 22.3 Å². The number of benzene rings is 1. The fraction of sp³-hybridized carbons (Fsp3) is 0.500. The molecule has 32 heavy (non-hydrogen) atoms. The average molecular weight is 481 g/mol. The molecule has 0 saturated carbocycles. The quantitative estimate of drug-likeness (QED) is 0.326. The molecular formula is C24H33ClN2O4S. The van der Waals surface area contributed by atoms with Crippen molar-refractivity contribution in [2.45, 2.75) is 68.4 Å². The zero-order valence-electron chi connectivity index (χ0n) is 20.2. The molecule has 0 bridgehead atoms. The van der Waals surface area contributed by atoms with Crippen LogP contribution in [0.4, 0.5) is 0 Å². The molecular weight excluding hydrogens is 448 g/mol. The first-order valence-corrected chi connectivity index (χ1v) is 12.7. The Morgan fingerprint density at radius 3 is 2.31 bits per heavy atom. The van der Waals surface area contributed by atoms with Gasteiger partial charge in [-0.15, -0.1) is 0 Å². The van der Waals surface area contributed by atoms with Crippen LogP contribution in [0.1, 0.15) is 80.7 Å². The molecule has 0 radical (unpaired) electrons. The molecule has 2 rings (SSSR count). The van der Waals surface area contributed by atoms with Crippen molar-refractivity contribution in [2.24, 2.45) is 5.92 Å². The molecule has 6 nitrogen and oxygen atoms in total. The molecule has 1 aromatic carbocycles. The standard InChI is InChI=1S/C24H33ClN2O4S/c1-9-12-32(29,30)31-24-22(18(8)26-27(24)13-14(2)3)23(28)19-10-11-20(25)21(17(19)7)16(6)15(4)5/h10-11,14H,9,12-13H2,1-8H3. The van der Waals surface area contributed by atoms with E-state index in [2.05, 4.69) is 5.10 Å². The van der Waals surface area contributed by atoms with E-state index in [0.29, 0.717) is 29.2 Å². The zero-order chi connectivity index (χ0) is 24.4. The summed E-state index contributed by atoms with van der Waals surface area (Å²) in [6.07, 6.45) is 0.407. The summed E-state index contributed by atoms with van der Waals surface area (Å²) in [6.45, 7) is 15.6. The smallest absolute Gasteiger partial charge is 0.310 e. The first-order chi connectivity index (χ1) is 14.8. The van der Waals surface area contributed by atoms with Crippen LogP contribution in [-0.4, -0.2) is 29.7 Å². The van der Waals surface area contributed by atoms with Crippen LogP contribution in [-0.2, 0) is 16.7 Å². The predicted molar refractivity (Wildman–Crippen MR) is 130 cm³/mol. The molecule has 1 aromatic heterocycles. The number of hydrogen-bond acceptors (Lipinski definition) is 5. The van der Waals surface area contributed by atoms with Gasteiger partial charge in [0.05, 0.1) is 11.4 Å². The minimum absolute atomic E-state index is 0.0236. The van der Waals surface area contributed by atoms with Crippen molar-refractivity contribution in [2.75, 3.05) is 5.75 Å². The lowest BCUT2D eigenvalue weighted by molar-refractivity contribution is 0.103. The van der Waals surface area contributed by atoms with Gasteiger partial charge in [-0.05, 0) is 75.8 Å². The lowest BCUT2D eigenvalue weighted by Crippen LogP contribution is -2.19. The highest BCUT2D eigenvalue weighted by Gasteiger charge is 2.29. The Bertz CT molecular complexity index is 1160. The van der Waals surface area contributed by atoms with Crippen LogP contribution >= 0.6 is 11.6 Å². The summed E-state index contributed by atoms with van der Waals surface area (Å²) in [5, 5.41) is 5.01. The summed E-state index contributed by atoms with van der Waals surface area (Å²) in [6, 6.07) is 3.37. The van der Waals surface area contributed by atoms with Gasteiger partial charge in [-0.3, -0.25) is 4.79 Å². The molecule has 0 aliphatic carbocycles. The van der Waals surface area contributed by atoms with Crippen molar-refractivity contribution in [3.63, 3.8) is 0 Å². The number of aryl methyl sites for hydroxylation is 1. The van der Waals surface area contributed by atoms with E-state index in [1.54, 1.807) is 26.0 Å². The Morgan fingerprint density at radius 2 is 1.78 bits per heavy atom. The second-order valence-electron chi connectivity index (χ2n) is 8.74. The molecule has 1 heterocycles. The Balaban J connectivity index is 2.73. The molecule has 8 heteroatoms. The van der Waals surface area contributed by atoms with Crippen LogP contribution in [0.3, 0.4) is 0 Å². The third-order valence-electron chi connectivity index (χ3n) is 5.29. The number of carbonyl (C=O) groups is 1. The largest absolute Gasteiger partial charge is 0.361 e. The summed E-state index contributed by atoms with van der Waals surface area (Å²) in [5.41, 5.74) is 4.66. The fourth-order valence-corrected chi connectivity index (χ4v) is 4.90. The maximum atomic E-state index is 13.7. The highest BCUT2D eigenvalue weighted by atomic mass is 35.5. The van der Waals surface area contributed by atoms with E-state index in [1.165, 1.54) is 4.68 Å². The molecule has 176 valence electrons. The third-order valence-corrected chi connectivity index (χ3v) is 6.92. The summed E-state index contributed by atoms with van der Waals surface area (Å²) in [5.74, 6) is -0.325. The van der Waals surface area contributed by atoms with E-state index in [-0.39, 0.29) is 28.9 Å². The van der Waals surface area contributed by atoms with Gasteiger partial charge < -0.3 is 4.18 Å².